The summed E-state index contributed by atoms with van der Waals surface area (Å²) in [6, 6.07) is 2.16. The van der Waals surface area contributed by atoms with Crippen molar-refractivity contribution >= 4 is 28.9 Å². The number of hydrogen-bond acceptors (Lipinski definition) is 2. The Labute approximate surface area is 108 Å². The SMILES string of the molecule is CC.Cc1ncc(Br)cc1N1CC[B]CC1. The summed E-state index contributed by atoms with van der Waals surface area (Å²) in [5.74, 6) is 0. The molecular formula is C12H19BBrN2. The lowest BCUT2D eigenvalue weighted by atomic mass is 9.68. The average Bonchev–Trinajstić information content (AvgIpc) is 2.36. The van der Waals surface area contributed by atoms with Gasteiger partial charge < -0.3 is 4.90 Å². The third-order valence-electron chi connectivity index (χ3n) is 2.57. The van der Waals surface area contributed by atoms with Crippen LogP contribution in [0.4, 0.5) is 5.69 Å². The summed E-state index contributed by atoms with van der Waals surface area (Å²) in [4.78, 5) is 6.76. The standard InChI is InChI=1S/C10H13BBrN2.C2H6/c1-8-10(6-9(12)7-13-8)14-4-2-11-3-5-14;1-2/h6-7H,2-5H2,1H3;1-2H3. The van der Waals surface area contributed by atoms with Gasteiger partial charge in [-0.25, -0.2) is 0 Å². The van der Waals surface area contributed by atoms with Crippen LogP contribution < -0.4 is 4.90 Å². The van der Waals surface area contributed by atoms with E-state index in [9.17, 15) is 0 Å². The molecule has 1 aliphatic heterocycles. The van der Waals surface area contributed by atoms with Crippen LogP contribution in [0, 0.1) is 6.92 Å². The summed E-state index contributed by atoms with van der Waals surface area (Å²) in [7, 11) is 2.36. The molecule has 2 rings (SSSR count). The monoisotopic (exact) mass is 281 g/mol. The van der Waals surface area contributed by atoms with E-state index in [0.717, 1.165) is 23.3 Å². The number of anilines is 1. The first-order valence-electron chi connectivity index (χ1n) is 5.96. The number of pyridine rings is 1. The Morgan fingerprint density at radius 3 is 2.56 bits per heavy atom. The number of aromatic nitrogens is 1. The Morgan fingerprint density at radius 2 is 1.94 bits per heavy atom. The summed E-state index contributed by atoms with van der Waals surface area (Å²) in [5, 5.41) is 0. The van der Waals surface area contributed by atoms with Crippen molar-refractivity contribution < 1.29 is 0 Å². The maximum absolute atomic E-state index is 4.36. The molecule has 1 aliphatic rings. The number of hydrogen-bond donors (Lipinski definition) is 0. The molecule has 1 radical (unpaired) electrons. The van der Waals surface area contributed by atoms with Crippen LogP contribution in [0.5, 0.6) is 0 Å². The van der Waals surface area contributed by atoms with E-state index in [1.807, 2.05) is 20.0 Å². The molecule has 0 bridgehead atoms. The molecular weight excluding hydrogens is 263 g/mol. The van der Waals surface area contributed by atoms with Gasteiger partial charge in [0, 0.05) is 23.8 Å². The number of halogens is 1. The average molecular weight is 282 g/mol. The minimum atomic E-state index is 1.06. The van der Waals surface area contributed by atoms with Crippen LogP contribution >= 0.6 is 15.9 Å². The lowest BCUT2D eigenvalue weighted by Gasteiger charge is -2.29. The van der Waals surface area contributed by atoms with E-state index in [1.165, 1.54) is 18.3 Å². The molecule has 16 heavy (non-hydrogen) atoms. The summed E-state index contributed by atoms with van der Waals surface area (Å²) in [6.07, 6.45) is 4.23. The second-order valence-corrected chi connectivity index (χ2v) is 4.53. The van der Waals surface area contributed by atoms with E-state index >= 15 is 0 Å². The maximum atomic E-state index is 4.36. The molecule has 1 fully saturated rings. The Bertz CT molecular complexity index is 325. The van der Waals surface area contributed by atoms with Crippen molar-refractivity contribution in [3.63, 3.8) is 0 Å². The molecule has 4 heteroatoms. The number of aryl methyl sites for hydroxylation is 1. The third kappa shape index (κ3) is 3.51. The molecule has 1 aromatic heterocycles. The third-order valence-corrected chi connectivity index (χ3v) is 3.01. The van der Waals surface area contributed by atoms with Crippen molar-refractivity contribution in [3.8, 4) is 0 Å². The lowest BCUT2D eigenvalue weighted by molar-refractivity contribution is 0.819. The van der Waals surface area contributed by atoms with Gasteiger partial charge in [-0.1, -0.05) is 26.5 Å². The molecule has 2 heterocycles. The zero-order valence-corrected chi connectivity index (χ0v) is 11.9. The molecule has 0 aromatic carbocycles. The van der Waals surface area contributed by atoms with Crippen molar-refractivity contribution in [2.75, 3.05) is 18.0 Å². The highest BCUT2D eigenvalue weighted by molar-refractivity contribution is 9.10. The first-order valence-corrected chi connectivity index (χ1v) is 6.75. The molecule has 0 unspecified atom stereocenters. The van der Waals surface area contributed by atoms with Crippen LogP contribution in [0.25, 0.3) is 0 Å². The second-order valence-electron chi connectivity index (χ2n) is 3.61. The molecule has 1 aromatic rings. The van der Waals surface area contributed by atoms with Crippen molar-refractivity contribution in [2.24, 2.45) is 0 Å². The zero-order chi connectivity index (χ0) is 12.0. The van der Waals surface area contributed by atoms with Gasteiger partial charge in [-0.15, -0.1) is 0 Å². The van der Waals surface area contributed by atoms with E-state index in [2.05, 4.69) is 46.1 Å². The zero-order valence-electron chi connectivity index (χ0n) is 10.3. The minimum absolute atomic E-state index is 1.06. The predicted octanol–water partition coefficient (Wildman–Crippen LogP) is 3.54. The van der Waals surface area contributed by atoms with Gasteiger partial charge in [0.15, 0.2) is 0 Å². The van der Waals surface area contributed by atoms with Crippen LogP contribution in [-0.2, 0) is 0 Å². The van der Waals surface area contributed by atoms with Crippen LogP contribution in [0.15, 0.2) is 16.7 Å². The predicted molar refractivity (Wildman–Crippen MR) is 75.6 cm³/mol. The Kier molecular flexibility index (Phi) is 5.89. The van der Waals surface area contributed by atoms with Gasteiger partial charge in [-0.3, -0.25) is 4.98 Å². The largest absolute Gasteiger partial charge is 0.371 e. The molecule has 0 aliphatic carbocycles. The highest BCUT2D eigenvalue weighted by Gasteiger charge is 2.13. The highest BCUT2D eigenvalue weighted by atomic mass is 79.9. The van der Waals surface area contributed by atoms with E-state index in [0.29, 0.717) is 0 Å². The van der Waals surface area contributed by atoms with E-state index in [-0.39, 0.29) is 0 Å². The van der Waals surface area contributed by atoms with Gasteiger partial charge in [-0.2, -0.15) is 0 Å². The van der Waals surface area contributed by atoms with Crippen molar-refractivity contribution in [2.45, 2.75) is 33.4 Å². The lowest BCUT2D eigenvalue weighted by Crippen LogP contribution is -2.32. The molecule has 0 N–H and O–H groups in total. The van der Waals surface area contributed by atoms with Crippen molar-refractivity contribution in [1.29, 1.82) is 0 Å². The van der Waals surface area contributed by atoms with Crippen LogP contribution in [0.1, 0.15) is 19.5 Å². The Morgan fingerprint density at radius 1 is 1.31 bits per heavy atom. The first-order chi connectivity index (χ1) is 7.77. The van der Waals surface area contributed by atoms with E-state index in [4.69, 9.17) is 0 Å². The van der Waals surface area contributed by atoms with Crippen LogP contribution in [0.3, 0.4) is 0 Å². The van der Waals surface area contributed by atoms with Gasteiger partial charge >= 0.3 is 0 Å². The second kappa shape index (κ2) is 6.95. The van der Waals surface area contributed by atoms with Crippen LogP contribution in [0.2, 0.25) is 12.6 Å². The quantitative estimate of drug-likeness (QED) is 0.732. The van der Waals surface area contributed by atoms with E-state index in [1.54, 1.807) is 0 Å². The fourth-order valence-corrected chi connectivity index (χ4v) is 2.13. The molecule has 0 amide bonds. The van der Waals surface area contributed by atoms with Crippen molar-refractivity contribution in [3.05, 3.63) is 22.4 Å². The molecule has 1 saturated heterocycles. The van der Waals surface area contributed by atoms with Crippen molar-refractivity contribution in [1.82, 2.24) is 4.98 Å². The molecule has 0 spiro atoms. The maximum Gasteiger partial charge on any atom is 0.114 e. The molecule has 2 nitrogen and oxygen atoms in total. The minimum Gasteiger partial charge on any atom is -0.371 e. The fraction of sp³-hybridized carbons (Fsp3) is 0.583. The first kappa shape index (κ1) is 13.6. The summed E-state index contributed by atoms with van der Waals surface area (Å²) in [5.41, 5.74) is 2.39. The smallest absolute Gasteiger partial charge is 0.114 e. The number of rotatable bonds is 1. The topological polar surface area (TPSA) is 16.1 Å². The van der Waals surface area contributed by atoms with Gasteiger partial charge in [0.25, 0.3) is 0 Å². The van der Waals surface area contributed by atoms with Gasteiger partial charge in [0.05, 0.1) is 11.4 Å². The molecule has 87 valence electrons. The summed E-state index contributed by atoms with van der Waals surface area (Å²) in [6.45, 7) is 8.32. The summed E-state index contributed by atoms with van der Waals surface area (Å²) >= 11 is 3.47. The van der Waals surface area contributed by atoms with Gasteiger partial charge in [0.1, 0.15) is 7.28 Å². The number of nitrogens with zero attached hydrogens (tertiary/aromatic N) is 2. The van der Waals surface area contributed by atoms with Crippen LogP contribution in [-0.4, -0.2) is 25.4 Å². The molecule has 0 atom stereocenters. The van der Waals surface area contributed by atoms with E-state index < -0.39 is 0 Å². The normalized spacial score (nSPS) is 14.9. The molecule has 0 saturated carbocycles. The van der Waals surface area contributed by atoms with Gasteiger partial charge in [0.2, 0.25) is 0 Å². The summed E-state index contributed by atoms with van der Waals surface area (Å²) < 4.78 is 1.06. The fourth-order valence-electron chi connectivity index (χ4n) is 1.81. The Balaban J connectivity index is 0.000000606. The highest BCUT2D eigenvalue weighted by Crippen LogP contribution is 2.24. The van der Waals surface area contributed by atoms with Gasteiger partial charge in [-0.05, 0) is 28.9 Å². The Hall–Kier alpha value is -0.505.